The van der Waals surface area contributed by atoms with Gasteiger partial charge in [0, 0.05) is 51.1 Å². The maximum Gasteiger partial charge on any atom is 0.239 e. The van der Waals surface area contributed by atoms with Gasteiger partial charge in [0.1, 0.15) is 12.4 Å². The van der Waals surface area contributed by atoms with Crippen LogP contribution in [0.5, 0.6) is 0 Å². The van der Waals surface area contributed by atoms with Gasteiger partial charge in [-0.25, -0.2) is 4.98 Å². The van der Waals surface area contributed by atoms with E-state index in [-0.39, 0.29) is 5.91 Å². The van der Waals surface area contributed by atoms with Crippen molar-refractivity contribution in [3.63, 3.8) is 0 Å². The highest BCUT2D eigenvalue weighted by atomic mass is 16.6. The first-order valence-electron chi connectivity index (χ1n) is 11.0. The van der Waals surface area contributed by atoms with Crippen molar-refractivity contribution in [3.8, 4) is 0 Å². The molecule has 2 saturated heterocycles. The van der Waals surface area contributed by atoms with E-state index in [9.17, 15) is 9.90 Å². The standard InChI is InChI=1S/C21H35N5O3/c1-3-29-20(28)26-10-6-21(15-26)12-17(13-21)24-8-4-16(5-9-24)19-23-7-11-25(19)14-18(27)22-2/h7,11,16-17,20,28H,3-6,8-10,12-15H2,1-2H3,(H,22,27). The Morgan fingerprint density at radius 3 is 2.83 bits per heavy atom. The monoisotopic (exact) mass is 405 g/mol. The number of hydrogen-bond donors (Lipinski definition) is 2. The summed E-state index contributed by atoms with van der Waals surface area (Å²) in [6, 6.07) is 0.672. The molecule has 4 rings (SSSR count). The van der Waals surface area contributed by atoms with E-state index in [0.29, 0.717) is 30.5 Å². The van der Waals surface area contributed by atoms with E-state index >= 15 is 0 Å². The highest BCUT2D eigenvalue weighted by Crippen LogP contribution is 2.51. The van der Waals surface area contributed by atoms with Gasteiger partial charge in [-0.15, -0.1) is 0 Å². The van der Waals surface area contributed by atoms with Crippen molar-refractivity contribution in [2.75, 3.05) is 39.8 Å². The van der Waals surface area contributed by atoms with E-state index in [4.69, 9.17) is 4.74 Å². The number of aliphatic hydroxyl groups is 1. The normalized spacial score (nSPS) is 29.8. The molecule has 3 fully saturated rings. The van der Waals surface area contributed by atoms with Gasteiger partial charge in [-0.2, -0.15) is 0 Å². The zero-order valence-corrected chi connectivity index (χ0v) is 17.7. The van der Waals surface area contributed by atoms with Gasteiger partial charge in [0.25, 0.3) is 0 Å². The number of piperidine rings is 1. The van der Waals surface area contributed by atoms with Crippen LogP contribution in [-0.4, -0.2) is 82.7 Å². The Bertz CT molecular complexity index is 694. The number of likely N-dealkylation sites (tertiary alicyclic amines) is 2. The van der Waals surface area contributed by atoms with E-state index in [0.717, 1.165) is 44.8 Å². The van der Waals surface area contributed by atoms with Crippen molar-refractivity contribution in [3.05, 3.63) is 18.2 Å². The molecule has 1 unspecified atom stereocenters. The summed E-state index contributed by atoms with van der Waals surface area (Å²) in [4.78, 5) is 21.0. The average Bonchev–Trinajstić information content (AvgIpc) is 3.34. The minimum absolute atomic E-state index is 0.0153. The minimum atomic E-state index is -0.743. The largest absolute Gasteiger partial charge is 0.358 e. The molecule has 0 bridgehead atoms. The lowest BCUT2D eigenvalue weighted by molar-refractivity contribution is -0.188. The third-order valence-corrected chi connectivity index (χ3v) is 7.18. The molecule has 8 heteroatoms. The number of hydrogen-bond acceptors (Lipinski definition) is 6. The predicted octanol–water partition coefficient (Wildman–Crippen LogP) is 0.975. The van der Waals surface area contributed by atoms with Crippen LogP contribution in [0.3, 0.4) is 0 Å². The summed E-state index contributed by atoms with van der Waals surface area (Å²) in [6.07, 6.45) is 8.82. The molecule has 1 aromatic rings. The quantitative estimate of drug-likeness (QED) is 0.658. The Morgan fingerprint density at radius 1 is 1.38 bits per heavy atom. The fourth-order valence-electron chi connectivity index (χ4n) is 5.51. The number of carbonyl (C=O) groups is 1. The Kier molecular flexibility index (Phi) is 6.24. The number of aliphatic hydroxyl groups excluding tert-OH is 1. The van der Waals surface area contributed by atoms with E-state index in [1.807, 2.05) is 23.9 Å². The first-order chi connectivity index (χ1) is 14.0. The van der Waals surface area contributed by atoms with Gasteiger partial charge in [0.15, 0.2) is 0 Å². The second-order valence-electron chi connectivity index (χ2n) is 8.96. The maximum absolute atomic E-state index is 11.7. The van der Waals surface area contributed by atoms with Crippen LogP contribution in [0.1, 0.15) is 50.8 Å². The minimum Gasteiger partial charge on any atom is -0.358 e. The molecule has 0 radical (unpaired) electrons. The van der Waals surface area contributed by atoms with Crippen LogP contribution >= 0.6 is 0 Å². The lowest BCUT2D eigenvalue weighted by Gasteiger charge is -2.52. The summed E-state index contributed by atoms with van der Waals surface area (Å²) in [5.74, 6) is 1.50. The summed E-state index contributed by atoms with van der Waals surface area (Å²) in [6.45, 7) is 6.91. The predicted molar refractivity (Wildman–Crippen MR) is 109 cm³/mol. The number of nitrogens with one attached hydrogen (secondary N) is 1. The highest BCUT2D eigenvalue weighted by molar-refractivity contribution is 5.75. The number of ether oxygens (including phenoxy) is 1. The van der Waals surface area contributed by atoms with E-state index in [2.05, 4.69) is 20.1 Å². The fraction of sp³-hybridized carbons (Fsp3) is 0.810. The molecule has 1 amide bonds. The number of likely N-dealkylation sites (N-methyl/N-ethyl adjacent to an activating group) is 1. The van der Waals surface area contributed by atoms with Crippen LogP contribution in [0, 0.1) is 5.41 Å². The van der Waals surface area contributed by atoms with Gasteiger partial charge in [-0.3, -0.25) is 9.69 Å². The van der Waals surface area contributed by atoms with E-state index in [1.54, 1.807) is 7.05 Å². The van der Waals surface area contributed by atoms with Gasteiger partial charge < -0.3 is 24.6 Å². The molecular formula is C21H35N5O3. The van der Waals surface area contributed by atoms with Gasteiger partial charge in [-0.1, -0.05) is 0 Å². The molecule has 2 aliphatic heterocycles. The number of carbonyl (C=O) groups excluding carboxylic acids is 1. The van der Waals surface area contributed by atoms with Gasteiger partial charge >= 0.3 is 0 Å². The Balaban J connectivity index is 1.25. The fourth-order valence-corrected chi connectivity index (χ4v) is 5.51. The van der Waals surface area contributed by atoms with Crippen LogP contribution in [0.15, 0.2) is 12.4 Å². The summed E-state index contributed by atoms with van der Waals surface area (Å²) in [5.41, 5.74) is 0.378. The van der Waals surface area contributed by atoms with Crippen molar-refractivity contribution < 1.29 is 14.6 Å². The van der Waals surface area contributed by atoms with Gasteiger partial charge in [-0.05, 0) is 57.5 Å². The molecule has 162 valence electrons. The molecule has 29 heavy (non-hydrogen) atoms. The smallest absolute Gasteiger partial charge is 0.239 e. The van der Waals surface area contributed by atoms with Crippen molar-refractivity contribution in [2.24, 2.45) is 5.41 Å². The molecule has 3 aliphatic rings. The van der Waals surface area contributed by atoms with Crippen LogP contribution in [0.2, 0.25) is 0 Å². The number of rotatable bonds is 7. The molecule has 1 aliphatic carbocycles. The molecule has 3 heterocycles. The van der Waals surface area contributed by atoms with Crippen LogP contribution in [0.25, 0.3) is 0 Å². The van der Waals surface area contributed by atoms with Gasteiger partial charge in [0.05, 0.1) is 0 Å². The maximum atomic E-state index is 11.7. The van der Waals surface area contributed by atoms with E-state index < -0.39 is 6.41 Å². The molecule has 2 N–H and O–H groups in total. The number of amides is 1. The Morgan fingerprint density at radius 2 is 2.14 bits per heavy atom. The van der Waals surface area contributed by atoms with Gasteiger partial charge in [0.2, 0.25) is 12.3 Å². The zero-order chi connectivity index (χ0) is 20.4. The Hall–Kier alpha value is -1.48. The lowest BCUT2D eigenvalue weighted by Crippen LogP contribution is -2.54. The Labute approximate surface area is 173 Å². The molecule has 8 nitrogen and oxygen atoms in total. The number of aromatic nitrogens is 2. The second-order valence-corrected chi connectivity index (χ2v) is 8.96. The number of nitrogens with zero attached hydrogens (tertiary/aromatic N) is 4. The van der Waals surface area contributed by atoms with E-state index in [1.165, 1.54) is 19.3 Å². The summed E-state index contributed by atoms with van der Waals surface area (Å²) in [5, 5.41) is 12.8. The third kappa shape index (κ3) is 4.35. The van der Waals surface area contributed by atoms with Crippen LogP contribution < -0.4 is 5.32 Å². The molecule has 1 aromatic heterocycles. The lowest BCUT2D eigenvalue weighted by atomic mass is 9.64. The first-order valence-corrected chi connectivity index (χ1v) is 11.0. The van der Waals surface area contributed by atoms with Crippen molar-refractivity contribution in [1.29, 1.82) is 0 Å². The molecule has 1 spiro atoms. The summed E-state index contributed by atoms with van der Waals surface area (Å²) >= 11 is 0. The summed E-state index contributed by atoms with van der Waals surface area (Å²) < 4.78 is 7.35. The zero-order valence-electron chi connectivity index (χ0n) is 17.7. The molecule has 1 atom stereocenters. The second kappa shape index (κ2) is 8.71. The molecule has 1 saturated carbocycles. The van der Waals surface area contributed by atoms with Crippen molar-refractivity contribution >= 4 is 5.91 Å². The molecule has 0 aromatic carbocycles. The summed E-state index contributed by atoms with van der Waals surface area (Å²) in [7, 11) is 1.67. The third-order valence-electron chi connectivity index (χ3n) is 7.18. The van der Waals surface area contributed by atoms with Crippen molar-refractivity contribution in [1.82, 2.24) is 24.7 Å². The first kappa shape index (κ1) is 20.8. The van der Waals surface area contributed by atoms with Crippen LogP contribution in [0.4, 0.5) is 0 Å². The average molecular weight is 406 g/mol. The SMILES string of the molecule is CCOC(O)N1CCC2(CC(N3CCC(c4nccn4CC(=O)NC)CC3)C2)C1. The van der Waals surface area contributed by atoms with Crippen LogP contribution in [-0.2, 0) is 16.1 Å². The highest BCUT2D eigenvalue weighted by Gasteiger charge is 2.51. The van der Waals surface area contributed by atoms with Crippen molar-refractivity contribution in [2.45, 2.75) is 63.9 Å². The topological polar surface area (TPSA) is 82.9 Å². The number of imidazole rings is 1. The molecular weight excluding hydrogens is 370 g/mol.